The lowest BCUT2D eigenvalue weighted by Gasteiger charge is -2.12. The SMILES string of the molecule is COc1ccc(-c2cc3n(C)c(C)c(CCC(=O)NCc4ccc(F)cc4)c(=O)n3n2)cc1OC. The van der Waals surface area contributed by atoms with E-state index in [1.165, 1.54) is 16.6 Å². The molecule has 1 amide bonds. The zero-order valence-electron chi connectivity index (χ0n) is 20.1. The second-order valence-corrected chi connectivity index (χ2v) is 8.20. The molecule has 0 saturated heterocycles. The van der Waals surface area contributed by atoms with Gasteiger partial charge in [0, 0.05) is 42.9 Å². The topological polar surface area (TPSA) is 86.9 Å². The van der Waals surface area contributed by atoms with Crippen LogP contribution in [0.15, 0.2) is 53.3 Å². The Kier molecular flexibility index (Phi) is 6.86. The van der Waals surface area contributed by atoms with Crippen LogP contribution in [-0.2, 0) is 24.8 Å². The number of aromatic nitrogens is 3. The van der Waals surface area contributed by atoms with Crippen molar-refractivity contribution in [2.75, 3.05) is 14.2 Å². The number of carbonyl (C=O) groups is 1. The van der Waals surface area contributed by atoms with Gasteiger partial charge in [-0.3, -0.25) is 9.59 Å². The van der Waals surface area contributed by atoms with Gasteiger partial charge in [-0.2, -0.15) is 9.61 Å². The van der Waals surface area contributed by atoms with Crippen molar-refractivity contribution >= 4 is 11.6 Å². The first-order chi connectivity index (χ1) is 16.8. The summed E-state index contributed by atoms with van der Waals surface area (Å²) in [6, 6.07) is 13.2. The fourth-order valence-corrected chi connectivity index (χ4v) is 3.97. The van der Waals surface area contributed by atoms with Crippen molar-refractivity contribution in [1.82, 2.24) is 19.5 Å². The molecule has 0 unspecified atom stereocenters. The molecule has 0 aliphatic rings. The van der Waals surface area contributed by atoms with Crippen molar-refractivity contribution in [3.63, 3.8) is 0 Å². The highest BCUT2D eigenvalue weighted by Gasteiger charge is 2.17. The van der Waals surface area contributed by atoms with Crippen LogP contribution in [0, 0.1) is 12.7 Å². The number of nitrogens with zero attached hydrogens (tertiary/aromatic N) is 3. The Balaban J connectivity index is 1.56. The maximum Gasteiger partial charge on any atom is 0.277 e. The average Bonchev–Trinajstić information content (AvgIpc) is 3.32. The smallest absolute Gasteiger partial charge is 0.277 e. The summed E-state index contributed by atoms with van der Waals surface area (Å²) in [4.78, 5) is 25.7. The molecule has 1 N–H and O–H groups in total. The second kappa shape index (κ2) is 10.0. The van der Waals surface area contributed by atoms with E-state index >= 15 is 0 Å². The first-order valence-electron chi connectivity index (χ1n) is 11.1. The summed E-state index contributed by atoms with van der Waals surface area (Å²) in [7, 11) is 4.99. The third-order valence-corrected chi connectivity index (χ3v) is 6.11. The summed E-state index contributed by atoms with van der Waals surface area (Å²) in [6.45, 7) is 2.15. The van der Waals surface area contributed by atoms with E-state index in [4.69, 9.17) is 9.47 Å². The number of fused-ring (bicyclic) bond motifs is 1. The molecule has 35 heavy (non-hydrogen) atoms. The maximum absolute atomic E-state index is 13.3. The van der Waals surface area contributed by atoms with Crippen LogP contribution in [0.25, 0.3) is 16.9 Å². The van der Waals surface area contributed by atoms with Gasteiger partial charge >= 0.3 is 0 Å². The van der Waals surface area contributed by atoms with Crippen molar-refractivity contribution in [1.29, 1.82) is 0 Å². The van der Waals surface area contributed by atoms with Crippen molar-refractivity contribution < 1.29 is 18.7 Å². The molecular formula is C26H27FN4O4. The van der Waals surface area contributed by atoms with Crippen LogP contribution >= 0.6 is 0 Å². The van der Waals surface area contributed by atoms with Crippen LogP contribution in [-0.4, -0.2) is 34.3 Å². The lowest BCUT2D eigenvalue weighted by molar-refractivity contribution is -0.121. The van der Waals surface area contributed by atoms with E-state index in [1.54, 1.807) is 32.4 Å². The summed E-state index contributed by atoms with van der Waals surface area (Å²) in [5.74, 6) is 0.653. The van der Waals surface area contributed by atoms with Crippen molar-refractivity contribution in [2.24, 2.45) is 7.05 Å². The first-order valence-corrected chi connectivity index (χ1v) is 11.1. The van der Waals surface area contributed by atoms with Gasteiger partial charge < -0.3 is 19.4 Å². The number of hydrogen-bond acceptors (Lipinski definition) is 5. The normalized spacial score (nSPS) is 11.0. The number of carbonyl (C=O) groups excluding carboxylic acids is 1. The second-order valence-electron chi connectivity index (χ2n) is 8.20. The van der Waals surface area contributed by atoms with Crippen LogP contribution in [0.1, 0.15) is 23.2 Å². The van der Waals surface area contributed by atoms with Gasteiger partial charge in [0.25, 0.3) is 5.56 Å². The number of amides is 1. The molecule has 0 aliphatic carbocycles. The number of benzene rings is 2. The van der Waals surface area contributed by atoms with E-state index in [0.29, 0.717) is 34.9 Å². The number of aryl methyl sites for hydroxylation is 1. The molecule has 0 bridgehead atoms. The van der Waals surface area contributed by atoms with Gasteiger partial charge in [-0.05, 0) is 49.2 Å². The standard InChI is InChI=1S/C26H27FN4O4/c1-16-20(10-12-24(32)28-15-17-5-8-19(27)9-6-17)26(33)31-25(30(16)2)14-21(29-31)18-7-11-22(34-3)23(13-18)35-4/h5-9,11,13-14H,10,12,15H2,1-4H3,(H,28,32). The number of halogens is 1. The molecule has 2 aromatic heterocycles. The Morgan fingerprint density at radius 2 is 1.77 bits per heavy atom. The van der Waals surface area contributed by atoms with E-state index in [2.05, 4.69) is 10.4 Å². The number of hydrogen-bond donors (Lipinski definition) is 1. The largest absolute Gasteiger partial charge is 0.493 e. The van der Waals surface area contributed by atoms with E-state index in [9.17, 15) is 14.0 Å². The van der Waals surface area contributed by atoms with Crippen molar-refractivity contribution in [3.05, 3.63) is 81.5 Å². The average molecular weight is 479 g/mol. The monoisotopic (exact) mass is 478 g/mol. The molecule has 8 nitrogen and oxygen atoms in total. The van der Waals surface area contributed by atoms with Crippen LogP contribution in [0.4, 0.5) is 4.39 Å². The molecule has 4 aromatic rings. The van der Waals surface area contributed by atoms with E-state index in [-0.39, 0.29) is 30.1 Å². The third kappa shape index (κ3) is 4.89. The Hall–Kier alpha value is -4.14. The number of ether oxygens (including phenoxy) is 2. The highest BCUT2D eigenvalue weighted by atomic mass is 19.1. The van der Waals surface area contributed by atoms with E-state index < -0.39 is 0 Å². The quantitative estimate of drug-likeness (QED) is 0.419. The molecule has 2 heterocycles. The molecule has 4 rings (SSSR count). The zero-order chi connectivity index (χ0) is 25.1. The van der Waals surface area contributed by atoms with Crippen LogP contribution in [0.2, 0.25) is 0 Å². The van der Waals surface area contributed by atoms with E-state index in [1.807, 2.05) is 36.7 Å². The molecule has 2 aromatic carbocycles. The molecule has 0 saturated carbocycles. The Labute approximate surface area is 201 Å². The van der Waals surface area contributed by atoms with Gasteiger partial charge in [-0.15, -0.1) is 0 Å². The number of methoxy groups -OCH3 is 2. The molecule has 0 radical (unpaired) electrons. The summed E-state index contributed by atoms with van der Waals surface area (Å²) in [5, 5.41) is 7.35. The minimum absolute atomic E-state index is 0.145. The molecular weight excluding hydrogens is 451 g/mol. The van der Waals surface area contributed by atoms with Crippen LogP contribution in [0.3, 0.4) is 0 Å². The van der Waals surface area contributed by atoms with E-state index in [0.717, 1.165) is 16.8 Å². The molecule has 0 fully saturated rings. The Bertz CT molecular complexity index is 1440. The van der Waals surface area contributed by atoms with Crippen LogP contribution in [0.5, 0.6) is 11.5 Å². The number of nitrogens with one attached hydrogen (secondary N) is 1. The Morgan fingerprint density at radius 1 is 1.06 bits per heavy atom. The van der Waals surface area contributed by atoms with Gasteiger partial charge in [-0.1, -0.05) is 12.1 Å². The third-order valence-electron chi connectivity index (χ3n) is 6.11. The molecule has 0 spiro atoms. The fourth-order valence-electron chi connectivity index (χ4n) is 3.97. The maximum atomic E-state index is 13.3. The zero-order valence-corrected chi connectivity index (χ0v) is 20.1. The highest BCUT2D eigenvalue weighted by molar-refractivity contribution is 5.76. The summed E-state index contributed by atoms with van der Waals surface area (Å²) in [6.07, 6.45) is 0.418. The highest BCUT2D eigenvalue weighted by Crippen LogP contribution is 2.32. The minimum atomic E-state index is -0.324. The molecule has 0 aliphatic heterocycles. The predicted octanol–water partition coefficient (Wildman–Crippen LogP) is 3.41. The van der Waals surface area contributed by atoms with Gasteiger partial charge in [0.15, 0.2) is 11.5 Å². The predicted molar refractivity (Wildman–Crippen MR) is 130 cm³/mol. The molecule has 0 atom stereocenters. The van der Waals surface area contributed by atoms with Gasteiger partial charge in [0.05, 0.1) is 19.9 Å². The van der Waals surface area contributed by atoms with Crippen molar-refractivity contribution in [2.45, 2.75) is 26.3 Å². The lowest BCUT2D eigenvalue weighted by Crippen LogP contribution is -2.27. The lowest BCUT2D eigenvalue weighted by atomic mass is 10.1. The summed E-state index contributed by atoms with van der Waals surface area (Å²) < 4.78 is 27.0. The minimum Gasteiger partial charge on any atom is -0.493 e. The van der Waals surface area contributed by atoms with Gasteiger partial charge in [0.2, 0.25) is 5.91 Å². The van der Waals surface area contributed by atoms with Crippen molar-refractivity contribution in [3.8, 4) is 22.8 Å². The first kappa shape index (κ1) is 24.0. The van der Waals surface area contributed by atoms with Gasteiger partial charge in [0.1, 0.15) is 11.5 Å². The van der Waals surface area contributed by atoms with Crippen LogP contribution < -0.4 is 20.3 Å². The summed E-state index contributed by atoms with van der Waals surface area (Å²) in [5.41, 5.74) is 3.88. The Morgan fingerprint density at radius 3 is 2.46 bits per heavy atom. The molecule has 9 heteroatoms. The fraction of sp³-hybridized carbons (Fsp3) is 0.269. The summed E-state index contributed by atoms with van der Waals surface area (Å²) >= 11 is 0. The van der Waals surface area contributed by atoms with Gasteiger partial charge in [-0.25, -0.2) is 4.39 Å². The molecule has 182 valence electrons. The number of rotatable bonds is 8.